The molecule has 0 bridgehead atoms. The molecule has 5 nitrogen and oxygen atoms in total. The van der Waals surface area contributed by atoms with Gasteiger partial charge in [0, 0.05) is 5.56 Å². The third-order valence-electron chi connectivity index (χ3n) is 3.22. The molecule has 2 rings (SSSR count). The van der Waals surface area contributed by atoms with Crippen LogP contribution in [0.5, 0.6) is 11.5 Å². The summed E-state index contributed by atoms with van der Waals surface area (Å²) in [5, 5.41) is 3.92. The summed E-state index contributed by atoms with van der Waals surface area (Å²) in [5.74, 6) is 0.499. The van der Waals surface area contributed by atoms with Gasteiger partial charge in [-0.05, 0) is 61.4 Å². The lowest BCUT2D eigenvalue weighted by Crippen LogP contribution is -2.17. The Morgan fingerprint density at radius 2 is 1.88 bits per heavy atom. The zero-order chi connectivity index (χ0) is 18.1. The van der Waals surface area contributed by atoms with E-state index < -0.39 is 11.7 Å². The van der Waals surface area contributed by atoms with Crippen molar-refractivity contribution in [3.8, 4) is 11.5 Å². The van der Waals surface area contributed by atoms with Gasteiger partial charge in [-0.25, -0.2) is 9.82 Å². The zero-order valence-corrected chi connectivity index (χ0v) is 14.3. The number of nitrogens with zero attached hydrogens (tertiary/aromatic N) is 1. The van der Waals surface area contributed by atoms with E-state index in [0.717, 1.165) is 12.0 Å². The molecule has 6 heteroatoms. The predicted octanol–water partition coefficient (Wildman–Crippen LogP) is 3.78. The molecular weight excluding hydrogens is 323 g/mol. The second kappa shape index (κ2) is 9.42. The molecule has 1 amide bonds. The standard InChI is InChI=1S/C19H21FN2O3/c1-3-11-25-17-10-5-14(12-18(17)24-4-2)13-21-22-19(23)15-6-8-16(20)9-7-15/h5-10,12-13H,3-4,11H2,1-2H3,(H,22,23)/b21-13-. The molecule has 0 saturated carbocycles. The highest BCUT2D eigenvalue weighted by molar-refractivity contribution is 5.94. The van der Waals surface area contributed by atoms with Crippen molar-refractivity contribution < 1.29 is 18.7 Å². The van der Waals surface area contributed by atoms with Crippen molar-refractivity contribution in [2.24, 2.45) is 5.10 Å². The maximum absolute atomic E-state index is 12.9. The van der Waals surface area contributed by atoms with Crippen LogP contribution in [0.3, 0.4) is 0 Å². The molecule has 0 aliphatic carbocycles. The molecule has 0 aliphatic rings. The second-order valence-electron chi connectivity index (χ2n) is 5.19. The highest BCUT2D eigenvalue weighted by Gasteiger charge is 2.06. The molecule has 0 unspecified atom stereocenters. The first-order valence-corrected chi connectivity index (χ1v) is 8.12. The van der Waals surface area contributed by atoms with E-state index in [-0.39, 0.29) is 0 Å². The fraction of sp³-hybridized carbons (Fsp3) is 0.263. The van der Waals surface area contributed by atoms with Crippen LogP contribution in [0.15, 0.2) is 47.6 Å². The minimum absolute atomic E-state index is 0.330. The van der Waals surface area contributed by atoms with Crippen LogP contribution in [0.4, 0.5) is 4.39 Å². The molecule has 0 atom stereocenters. The number of benzene rings is 2. The van der Waals surface area contributed by atoms with E-state index in [1.165, 1.54) is 30.5 Å². The summed E-state index contributed by atoms with van der Waals surface area (Å²) in [6.45, 7) is 5.06. The van der Waals surface area contributed by atoms with Gasteiger partial charge in [-0.15, -0.1) is 0 Å². The highest BCUT2D eigenvalue weighted by Crippen LogP contribution is 2.28. The van der Waals surface area contributed by atoms with E-state index in [1.807, 2.05) is 26.0 Å². The third kappa shape index (κ3) is 5.60. The summed E-state index contributed by atoms with van der Waals surface area (Å²) in [7, 11) is 0. The van der Waals surface area contributed by atoms with Crippen molar-refractivity contribution in [2.45, 2.75) is 20.3 Å². The minimum atomic E-state index is -0.413. The number of amides is 1. The van der Waals surface area contributed by atoms with Crippen molar-refractivity contribution in [1.29, 1.82) is 0 Å². The molecule has 0 heterocycles. The lowest BCUT2D eigenvalue weighted by Gasteiger charge is -2.11. The smallest absolute Gasteiger partial charge is 0.271 e. The third-order valence-corrected chi connectivity index (χ3v) is 3.22. The number of carbonyl (C=O) groups excluding carboxylic acids is 1. The molecule has 0 aliphatic heterocycles. The van der Waals surface area contributed by atoms with Crippen molar-refractivity contribution in [1.82, 2.24) is 5.43 Å². The molecule has 0 radical (unpaired) electrons. The Morgan fingerprint density at radius 1 is 1.12 bits per heavy atom. The lowest BCUT2D eigenvalue weighted by atomic mass is 10.2. The number of hydrazone groups is 1. The quantitative estimate of drug-likeness (QED) is 0.586. The van der Waals surface area contributed by atoms with Gasteiger partial charge in [0.05, 0.1) is 19.4 Å². The van der Waals surface area contributed by atoms with Gasteiger partial charge < -0.3 is 9.47 Å². The van der Waals surface area contributed by atoms with Gasteiger partial charge in [0.15, 0.2) is 11.5 Å². The van der Waals surface area contributed by atoms with Crippen LogP contribution in [0.1, 0.15) is 36.2 Å². The highest BCUT2D eigenvalue weighted by atomic mass is 19.1. The van der Waals surface area contributed by atoms with Gasteiger partial charge in [-0.2, -0.15) is 5.10 Å². The maximum atomic E-state index is 12.9. The summed E-state index contributed by atoms with van der Waals surface area (Å²) in [6.07, 6.45) is 2.41. The summed E-state index contributed by atoms with van der Waals surface area (Å²) in [6, 6.07) is 10.7. The molecule has 0 aromatic heterocycles. The largest absolute Gasteiger partial charge is 0.490 e. The normalized spacial score (nSPS) is 10.7. The van der Waals surface area contributed by atoms with Gasteiger partial charge in [0.1, 0.15) is 5.82 Å². The number of carbonyl (C=O) groups is 1. The van der Waals surface area contributed by atoms with E-state index in [2.05, 4.69) is 10.5 Å². The zero-order valence-electron chi connectivity index (χ0n) is 14.3. The second-order valence-corrected chi connectivity index (χ2v) is 5.19. The summed E-state index contributed by atoms with van der Waals surface area (Å²) < 4.78 is 24.1. The molecule has 25 heavy (non-hydrogen) atoms. The van der Waals surface area contributed by atoms with E-state index >= 15 is 0 Å². The Morgan fingerprint density at radius 3 is 2.56 bits per heavy atom. The Bertz CT molecular complexity index is 730. The van der Waals surface area contributed by atoms with Gasteiger partial charge in [-0.1, -0.05) is 6.92 Å². The summed E-state index contributed by atoms with van der Waals surface area (Å²) in [4.78, 5) is 11.9. The molecule has 132 valence electrons. The van der Waals surface area contributed by atoms with Crippen LogP contribution in [0, 0.1) is 5.82 Å². The van der Waals surface area contributed by atoms with Crippen LogP contribution in [0.25, 0.3) is 0 Å². The topological polar surface area (TPSA) is 59.9 Å². The van der Waals surface area contributed by atoms with Crippen LogP contribution < -0.4 is 14.9 Å². The SMILES string of the molecule is CCCOc1ccc(/C=N\NC(=O)c2ccc(F)cc2)cc1OCC. The maximum Gasteiger partial charge on any atom is 0.271 e. The van der Waals surface area contributed by atoms with Crippen LogP contribution in [0.2, 0.25) is 0 Å². The predicted molar refractivity (Wildman–Crippen MR) is 94.9 cm³/mol. The molecule has 0 fully saturated rings. The average molecular weight is 344 g/mol. The number of ether oxygens (including phenoxy) is 2. The number of halogens is 1. The Labute approximate surface area is 146 Å². The van der Waals surface area contributed by atoms with Gasteiger partial charge >= 0.3 is 0 Å². The molecule has 0 spiro atoms. The van der Waals surface area contributed by atoms with Gasteiger partial charge in [0.25, 0.3) is 5.91 Å². The molecule has 2 aromatic carbocycles. The Kier molecular flexibility index (Phi) is 6.95. The fourth-order valence-corrected chi connectivity index (χ4v) is 2.04. The summed E-state index contributed by atoms with van der Waals surface area (Å²) in [5.41, 5.74) is 3.49. The van der Waals surface area contributed by atoms with Gasteiger partial charge in [-0.3, -0.25) is 4.79 Å². The van der Waals surface area contributed by atoms with Crippen LogP contribution in [-0.4, -0.2) is 25.3 Å². The number of hydrogen-bond acceptors (Lipinski definition) is 4. The number of hydrogen-bond donors (Lipinski definition) is 1. The van der Waals surface area contributed by atoms with E-state index in [4.69, 9.17) is 9.47 Å². The monoisotopic (exact) mass is 344 g/mol. The fourth-order valence-electron chi connectivity index (χ4n) is 2.04. The molecule has 1 N–H and O–H groups in total. The van der Waals surface area contributed by atoms with E-state index in [1.54, 1.807) is 6.07 Å². The molecule has 2 aromatic rings. The molecular formula is C19H21FN2O3. The van der Waals surface area contributed by atoms with Gasteiger partial charge in [0.2, 0.25) is 0 Å². The first-order chi connectivity index (χ1) is 12.1. The number of nitrogens with one attached hydrogen (secondary N) is 1. The lowest BCUT2D eigenvalue weighted by molar-refractivity contribution is 0.0955. The van der Waals surface area contributed by atoms with Crippen molar-refractivity contribution in [3.63, 3.8) is 0 Å². The van der Waals surface area contributed by atoms with Crippen LogP contribution >= 0.6 is 0 Å². The minimum Gasteiger partial charge on any atom is -0.490 e. The Balaban J connectivity index is 2.03. The first kappa shape index (κ1) is 18.4. The average Bonchev–Trinajstić information content (AvgIpc) is 2.62. The van der Waals surface area contributed by atoms with E-state index in [0.29, 0.717) is 30.3 Å². The first-order valence-electron chi connectivity index (χ1n) is 8.12. The Hall–Kier alpha value is -2.89. The van der Waals surface area contributed by atoms with Crippen molar-refractivity contribution in [2.75, 3.05) is 13.2 Å². The number of rotatable bonds is 8. The molecule has 0 saturated heterocycles. The van der Waals surface area contributed by atoms with Crippen molar-refractivity contribution >= 4 is 12.1 Å². The van der Waals surface area contributed by atoms with Crippen molar-refractivity contribution in [3.05, 3.63) is 59.4 Å². The summed E-state index contributed by atoms with van der Waals surface area (Å²) >= 11 is 0. The van der Waals surface area contributed by atoms with E-state index in [9.17, 15) is 9.18 Å². The van der Waals surface area contributed by atoms with Crippen LogP contribution in [-0.2, 0) is 0 Å².